The molecule has 1 aliphatic heterocycles. The molecule has 1 rings (SSSR count). The van der Waals surface area contributed by atoms with Crippen molar-refractivity contribution < 1.29 is 4.79 Å². The van der Waals surface area contributed by atoms with Gasteiger partial charge < -0.3 is 10.6 Å². The third-order valence-electron chi connectivity index (χ3n) is 3.95. The summed E-state index contributed by atoms with van der Waals surface area (Å²) in [6, 6.07) is 0. The zero-order chi connectivity index (χ0) is 12.2. The van der Waals surface area contributed by atoms with Gasteiger partial charge in [-0.2, -0.15) is 0 Å². The Morgan fingerprint density at radius 1 is 1.50 bits per heavy atom. The average Bonchev–Trinajstić information content (AvgIpc) is 2.27. The number of hydrogen-bond acceptors (Lipinski definition) is 2. The topological polar surface area (TPSA) is 41.1 Å². The van der Waals surface area contributed by atoms with Gasteiger partial charge in [0.15, 0.2) is 0 Å². The van der Waals surface area contributed by atoms with Crippen LogP contribution in [-0.2, 0) is 4.79 Å². The van der Waals surface area contributed by atoms with Gasteiger partial charge in [-0.05, 0) is 30.7 Å². The van der Waals surface area contributed by atoms with Crippen molar-refractivity contribution in [3.8, 4) is 0 Å². The minimum Gasteiger partial charge on any atom is -0.355 e. The van der Waals surface area contributed by atoms with E-state index in [1.807, 2.05) is 0 Å². The molecule has 0 saturated carbocycles. The van der Waals surface area contributed by atoms with Crippen LogP contribution in [0.15, 0.2) is 0 Å². The lowest BCUT2D eigenvalue weighted by molar-refractivity contribution is -0.126. The predicted octanol–water partition coefficient (Wildman–Crippen LogP) is 1.78. The van der Waals surface area contributed by atoms with Crippen LogP contribution >= 0.6 is 0 Å². The summed E-state index contributed by atoms with van der Waals surface area (Å²) >= 11 is 0. The second-order valence-corrected chi connectivity index (χ2v) is 5.90. The van der Waals surface area contributed by atoms with Crippen molar-refractivity contribution in [2.75, 3.05) is 19.6 Å². The predicted molar refractivity (Wildman–Crippen MR) is 67.2 cm³/mol. The largest absolute Gasteiger partial charge is 0.355 e. The van der Waals surface area contributed by atoms with Gasteiger partial charge in [0.25, 0.3) is 0 Å². The molecule has 94 valence electrons. The fraction of sp³-hybridized carbons (Fsp3) is 0.923. The zero-order valence-electron chi connectivity index (χ0n) is 11.1. The first-order valence-electron chi connectivity index (χ1n) is 6.42. The minimum atomic E-state index is 0.178. The molecule has 1 atom stereocenters. The van der Waals surface area contributed by atoms with Crippen LogP contribution in [0.2, 0.25) is 0 Å². The molecule has 0 aromatic rings. The standard InChI is InChI=1S/C13H26N2O/c1-10(2)13(3,4)9-15-12(16)11-6-5-7-14-8-11/h10-11,14H,5-9H2,1-4H3,(H,15,16)/t11-/m0/s1. The van der Waals surface area contributed by atoms with Gasteiger partial charge in [0.2, 0.25) is 5.91 Å². The molecule has 16 heavy (non-hydrogen) atoms. The third kappa shape index (κ3) is 3.78. The molecule has 0 bridgehead atoms. The summed E-state index contributed by atoms with van der Waals surface area (Å²) < 4.78 is 0. The highest BCUT2D eigenvalue weighted by Crippen LogP contribution is 2.24. The van der Waals surface area contributed by atoms with Gasteiger partial charge in [0.1, 0.15) is 0 Å². The average molecular weight is 226 g/mol. The number of carbonyl (C=O) groups is 1. The second kappa shape index (κ2) is 5.67. The summed E-state index contributed by atoms with van der Waals surface area (Å²) in [4.78, 5) is 11.9. The third-order valence-corrected chi connectivity index (χ3v) is 3.95. The van der Waals surface area contributed by atoms with Crippen molar-refractivity contribution in [3.63, 3.8) is 0 Å². The minimum absolute atomic E-state index is 0.178. The molecule has 0 radical (unpaired) electrons. The van der Waals surface area contributed by atoms with Crippen LogP contribution in [0.25, 0.3) is 0 Å². The van der Waals surface area contributed by atoms with Gasteiger partial charge in [0, 0.05) is 13.1 Å². The van der Waals surface area contributed by atoms with E-state index in [9.17, 15) is 4.79 Å². The smallest absolute Gasteiger partial charge is 0.224 e. The zero-order valence-corrected chi connectivity index (χ0v) is 11.1. The van der Waals surface area contributed by atoms with Gasteiger partial charge in [-0.1, -0.05) is 27.7 Å². The molecule has 1 saturated heterocycles. The summed E-state index contributed by atoms with van der Waals surface area (Å²) in [5.41, 5.74) is 0.178. The quantitative estimate of drug-likeness (QED) is 0.767. The first-order valence-corrected chi connectivity index (χ1v) is 6.42. The van der Waals surface area contributed by atoms with Crippen molar-refractivity contribution in [1.82, 2.24) is 10.6 Å². The van der Waals surface area contributed by atoms with E-state index in [2.05, 4.69) is 38.3 Å². The molecule has 3 heteroatoms. The highest BCUT2D eigenvalue weighted by molar-refractivity contribution is 5.79. The highest BCUT2D eigenvalue weighted by atomic mass is 16.1. The molecule has 0 aliphatic carbocycles. The molecule has 2 N–H and O–H groups in total. The van der Waals surface area contributed by atoms with Gasteiger partial charge in [0.05, 0.1) is 5.92 Å². The Kier molecular flexibility index (Phi) is 4.78. The van der Waals surface area contributed by atoms with Crippen LogP contribution in [0.4, 0.5) is 0 Å². The van der Waals surface area contributed by atoms with E-state index in [0.717, 1.165) is 32.5 Å². The Labute approximate surface area is 99.4 Å². The van der Waals surface area contributed by atoms with Crippen molar-refractivity contribution in [3.05, 3.63) is 0 Å². The molecule has 1 heterocycles. The van der Waals surface area contributed by atoms with E-state index in [0.29, 0.717) is 5.92 Å². The fourth-order valence-electron chi connectivity index (χ4n) is 1.74. The molecule has 1 amide bonds. The highest BCUT2D eigenvalue weighted by Gasteiger charge is 2.26. The Balaban J connectivity index is 2.34. The van der Waals surface area contributed by atoms with Gasteiger partial charge >= 0.3 is 0 Å². The first-order chi connectivity index (χ1) is 7.43. The molecule has 1 aliphatic rings. The van der Waals surface area contributed by atoms with Crippen LogP contribution in [0.1, 0.15) is 40.5 Å². The summed E-state index contributed by atoms with van der Waals surface area (Å²) in [5.74, 6) is 0.981. The van der Waals surface area contributed by atoms with E-state index in [4.69, 9.17) is 0 Å². The van der Waals surface area contributed by atoms with E-state index < -0.39 is 0 Å². The summed E-state index contributed by atoms with van der Waals surface area (Å²) in [5, 5.41) is 6.37. The summed E-state index contributed by atoms with van der Waals surface area (Å²) in [6.45, 7) is 11.5. The molecular formula is C13H26N2O. The van der Waals surface area contributed by atoms with E-state index >= 15 is 0 Å². The van der Waals surface area contributed by atoms with E-state index in [1.54, 1.807) is 0 Å². The van der Waals surface area contributed by atoms with Crippen molar-refractivity contribution in [2.24, 2.45) is 17.3 Å². The van der Waals surface area contributed by atoms with Gasteiger partial charge in [-0.3, -0.25) is 4.79 Å². The van der Waals surface area contributed by atoms with E-state index in [-0.39, 0.29) is 17.2 Å². The molecular weight excluding hydrogens is 200 g/mol. The lowest BCUT2D eigenvalue weighted by Crippen LogP contribution is -2.44. The molecule has 0 spiro atoms. The molecule has 0 aromatic heterocycles. The number of piperidine rings is 1. The Bertz CT molecular complexity index is 230. The van der Waals surface area contributed by atoms with Crippen LogP contribution in [-0.4, -0.2) is 25.5 Å². The maximum absolute atomic E-state index is 11.9. The van der Waals surface area contributed by atoms with Crippen LogP contribution in [0, 0.1) is 17.3 Å². The van der Waals surface area contributed by atoms with E-state index in [1.165, 1.54) is 0 Å². The Hall–Kier alpha value is -0.570. The SMILES string of the molecule is CC(C)C(C)(C)CNC(=O)[C@H]1CCCNC1. The maximum atomic E-state index is 11.9. The summed E-state index contributed by atoms with van der Waals surface area (Å²) in [7, 11) is 0. The number of hydrogen-bond donors (Lipinski definition) is 2. The first kappa shape index (κ1) is 13.5. The Morgan fingerprint density at radius 2 is 2.19 bits per heavy atom. The van der Waals surface area contributed by atoms with Crippen LogP contribution in [0.5, 0.6) is 0 Å². The van der Waals surface area contributed by atoms with Crippen molar-refractivity contribution in [1.29, 1.82) is 0 Å². The second-order valence-electron chi connectivity index (χ2n) is 5.90. The van der Waals surface area contributed by atoms with Gasteiger partial charge in [-0.25, -0.2) is 0 Å². The lowest BCUT2D eigenvalue weighted by atomic mass is 9.81. The Morgan fingerprint density at radius 3 is 2.69 bits per heavy atom. The number of amides is 1. The number of carbonyl (C=O) groups excluding carboxylic acids is 1. The van der Waals surface area contributed by atoms with Gasteiger partial charge in [-0.15, -0.1) is 0 Å². The number of rotatable bonds is 4. The summed E-state index contributed by atoms with van der Waals surface area (Å²) in [6.07, 6.45) is 2.15. The number of nitrogens with one attached hydrogen (secondary N) is 2. The molecule has 0 aromatic carbocycles. The lowest BCUT2D eigenvalue weighted by Gasteiger charge is -2.31. The van der Waals surface area contributed by atoms with Crippen molar-refractivity contribution in [2.45, 2.75) is 40.5 Å². The van der Waals surface area contributed by atoms with Crippen LogP contribution < -0.4 is 10.6 Å². The van der Waals surface area contributed by atoms with Crippen molar-refractivity contribution >= 4 is 5.91 Å². The maximum Gasteiger partial charge on any atom is 0.224 e. The molecule has 1 fully saturated rings. The monoisotopic (exact) mass is 226 g/mol. The van der Waals surface area contributed by atoms with Crippen LogP contribution in [0.3, 0.4) is 0 Å². The normalized spacial score (nSPS) is 22.2. The molecule has 0 unspecified atom stereocenters. The fourth-order valence-corrected chi connectivity index (χ4v) is 1.74. The molecule has 3 nitrogen and oxygen atoms in total.